The number of thioether (sulfide) groups is 1. The predicted octanol–water partition coefficient (Wildman–Crippen LogP) is 1.53. The minimum atomic E-state index is -1.37. The smallest absolute Gasteiger partial charge is 0.329 e. The number of carbonyl (C=O) groups is 3. The van der Waals surface area contributed by atoms with Crippen LogP contribution in [-0.4, -0.2) is 46.4 Å². The average molecular weight is 371 g/mol. The maximum absolute atomic E-state index is 12.6. The Morgan fingerprint density at radius 1 is 1.33 bits per heavy atom. The molecule has 8 heteroatoms. The van der Waals surface area contributed by atoms with Gasteiger partial charge in [0.15, 0.2) is 4.87 Å². The van der Waals surface area contributed by atoms with Crippen LogP contribution in [0.5, 0.6) is 0 Å². The summed E-state index contributed by atoms with van der Waals surface area (Å²) in [6.45, 7) is 3.57. The van der Waals surface area contributed by atoms with Crippen LogP contribution in [0.4, 0.5) is 0 Å². The number of esters is 1. The van der Waals surface area contributed by atoms with Crippen LogP contribution < -0.4 is 10.6 Å². The molecule has 0 aromatic heterocycles. The number of carbonyl (C=O) groups excluding carboxylic acids is 3. The summed E-state index contributed by atoms with van der Waals surface area (Å²) in [7, 11) is 1.26. The van der Waals surface area contributed by atoms with Crippen molar-refractivity contribution < 1.29 is 19.1 Å². The van der Waals surface area contributed by atoms with Crippen molar-refractivity contribution >= 4 is 41.1 Å². The number of ether oxygens (including phenoxy) is 1. The highest BCUT2D eigenvalue weighted by Gasteiger charge is 2.54. The van der Waals surface area contributed by atoms with E-state index in [1.54, 1.807) is 44.2 Å². The second-order valence-corrected chi connectivity index (χ2v) is 8.14. The fourth-order valence-electron chi connectivity index (χ4n) is 2.49. The van der Waals surface area contributed by atoms with Gasteiger partial charge in [0.1, 0.15) is 6.04 Å². The molecule has 1 aromatic rings. The van der Waals surface area contributed by atoms with Gasteiger partial charge in [0.25, 0.3) is 11.8 Å². The molecule has 1 aliphatic heterocycles. The molecule has 0 aliphatic carbocycles. The van der Waals surface area contributed by atoms with Gasteiger partial charge in [0.05, 0.1) is 13.0 Å². The lowest BCUT2D eigenvalue weighted by Crippen LogP contribution is -2.70. The molecule has 0 saturated carbocycles. The van der Waals surface area contributed by atoms with E-state index in [-0.39, 0.29) is 5.88 Å². The lowest BCUT2D eigenvalue weighted by molar-refractivity contribution is -0.146. The van der Waals surface area contributed by atoms with Crippen molar-refractivity contribution in [2.24, 2.45) is 0 Å². The van der Waals surface area contributed by atoms with Gasteiger partial charge in [-0.1, -0.05) is 18.2 Å². The first kappa shape index (κ1) is 18.6. The Kier molecular flexibility index (Phi) is 5.45. The van der Waals surface area contributed by atoms with Crippen LogP contribution in [0.15, 0.2) is 30.3 Å². The zero-order valence-electron chi connectivity index (χ0n) is 13.6. The number of hydrogen-bond donors (Lipinski definition) is 2. The minimum Gasteiger partial charge on any atom is -0.467 e. The standard InChI is InChI=1S/C16H19ClN2O4S/c1-15(2)11(13(21)23-3)18-14(22)16(9-17,24-15)19-12(20)10-7-5-4-6-8-10/h4-8,11H,9H2,1-3H3,(H,18,22)(H,19,20). The van der Waals surface area contributed by atoms with Gasteiger partial charge in [-0.15, -0.1) is 23.4 Å². The molecule has 1 aromatic carbocycles. The van der Waals surface area contributed by atoms with Gasteiger partial charge in [-0.2, -0.15) is 0 Å². The molecule has 1 fully saturated rings. The lowest BCUT2D eigenvalue weighted by atomic mass is 10.0. The van der Waals surface area contributed by atoms with E-state index in [1.165, 1.54) is 7.11 Å². The van der Waals surface area contributed by atoms with Crippen LogP contribution in [0.2, 0.25) is 0 Å². The van der Waals surface area contributed by atoms with Crippen LogP contribution in [0.3, 0.4) is 0 Å². The van der Waals surface area contributed by atoms with E-state index in [4.69, 9.17) is 16.3 Å². The summed E-state index contributed by atoms with van der Waals surface area (Å²) in [5.41, 5.74) is 0.420. The van der Waals surface area contributed by atoms with Crippen LogP contribution >= 0.6 is 23.4 Å². The molecular weight excluding hydrogens is 352 g/mol. The third-order valence-electron chi connectivity index (χ3n) is 3.75. The van der Waals surface area contributed by atoms with Crippen molar-refractivity contribution in [3.63, 3.8) is 0 Å². The summed E-state index contributed by atoms with van der Waals surface area (Å²) in [6, 6.07) is 7.71. The number of rotatable bonds is 4. The second-order valence-electron chi connectivity index (χ2n) is 5.92. The normalized spacial score (nSPS) is 25.5. The van der Waals surface area contributed by atoms with Crippen LogP contribution in [0.1, 0.15) is 24.2 Å². The second kappa shape index (κ2) is 7.03. The number of benzene rings is 1. The Labute approximate surface area is 149 Å². The third-order valence-corrected chi connectivity index (χ3v) is 5.85. The quantitative estimate of drug-likeness (QED) is 0.620. The number of halogens is 1. The topological polar surface area (TPSA) is 84.5 Å². The fourth-order valence-corrected chi connectivity index (χ4v) is 4.36. The van der Waals surface area contributed by atoms with Crippen molar-refractivity contribution in [2.75, 3.05) is 13.0 Å². The summed E-state index contributed by atoms with van der Waals surface area (Å²) in [5.74, 6) is -1.62. The molecule has 1 heterocycles. The van der Waals surface area contributed by atoms with Gasteiger partial charge in [-0.3, -0.25) is 9.59 Å². The van der Waals surface area contributed by atoms with E-state index in [0.29, 0.717) is 5.56 Å². The zero-order chi connectivity index (χ0) is 18.0. The van der Waals surface area contributed by atoms with Gasteiger partial charge in [-0.05, 0) is 26.0 Å². The van der Waals surface area contributed by atoms with Crippen molar-refractivity contribution in [1.29, 1.82) is 0 Å². The lowest BCUT2D eigenvalue weighted by Gasteiger charge is -2.46. The van der Waals surface area contributed by atoms with Crippen LogP contribution in [0, 0.1) is 0 Å². The summed E-state index contributed by atoms with van der Waals surface area (Å²) >= 11 is 7.18. The molecule has 2 N–H and O–H groups in total. The molecule has 130 valence electrons. The molecule has 6 nitrogen and oxygen atoms in total. The molecule has 1 saturated heterocycles. The first-order chi connectivity index (χ1) is 11.3. The SMILES string of the molecule is COC(=O)C1NC(=O)C(CCl)(NC(=O)c2ccccc2)SC1(C)C. The van der Waals surface area contributed by atoms with E-state index in [1.807, 2.05) is 0 Å². The largest absolute Gasteiger partial charge is 0.467 e. The average Bonchev–Trinajstić information content (AvgIpc) is 2.57. The number of amides is 2. The maximum atomic E-state index is 12.6. The van der Waals surface area contributed by atoms with Gasteiger partial charge in [0.2, 0.25) is 0 Å². The Morgan fingerprint density at radius 2 is 1.96 bits per heavy atom. The fraction of sp³-hybridized carbons (Fsp3) is 0.438. The molecule has 0 spiro atoms. The van der Waals surface area contributed by atoms with E-state index >= 15 is 0 Å². The molecule has 1 aliphatic rings. The summed E-state index contributed by atoms with van der Waals surface area (Å²) in [4.78, 5) is 35.6. The minimum absolute atomic E-state index is 0.139. The van der Waals surface area contributed by atoms with Gasteiger partial charge in [0, 0.05) is 10.3 Å². The molecular formula is C16H19ClN2O4S. The summed E-state index contributed by atoms with van der Waals surface area (Å²) in [6.07, 6.45) is 0. The third kappa shape index (κ3) is 3.52. The van der Waals surface area contributed by atoms with Crippen LogP contribution in [0.25, 0.3) is 0 Å². The monoisotopic (exact) mass is 370 g/mol. The predicted molar refractivity (Wildman–Crippen MR) is 93.0 cm³/mol. The van der Waals surface area contributed by atoms with Gasteiger partial charge >= 0.3 is 5.97 Å². The number of methoxy groups -OCH3 is 1. The molecule has 24 heavy (non-hydrogen) atoms. The van der Waals surface area contributed by atoms with Gasteiger partial charge in [-0.25, -0.2) is 4.79 Å². The highest BCUT2D eigenvalue weighted by molar-refractivity contribution is 8.03. The number of hydrogen-bond acceptors (Lipinski definition) is 5. The van der Waals surface area contributed by atoms with Crippen molar-refractivity contribution in [1.82, 2.24) is 10.6 Å². The van der Waals surface area contributed by atoms with Crippen molar-refractivity contribution in [3.05, 3.63) is 35.9 Å². The molecule has 0 bridgehead atoms. The molecule has 2 rings (SSSR count). The van der Waals surface area contributed by atoms with Crippen molar-refractivity contribution in [2.45, 2.75) is 29.5 Å². The first-order valence-corrected chi connectivity index (χ1v) is 8.63. The van der Waals surface area contributed by atoms with E-state index in [2.05, 4.69) is 10.6 Å². The Hall–Kier alpha value is -1.73. The Morgan fingerprint density at radius 3 is 2.50 bits per heavy atom. The van der Waals surface area contributed by atoms with Gasteiger partial charge < -0.3 is 15.4 Å². The van der Waals surface area contributed by atoms with Crippen molar-refractivity contribution in [3.8, 4) is 0 Å². The van der Waals surface area contributed by atoms with Crippen LogP contribution in [-0.2, 0) is 14.3 Å². The highest BCUT2D eigenvalue weighted by atomic mass is 35.5. The maximum Gasteiger partial charge on any atom is 0.329 e. The molecule has 2 amide bonds. The highest BCUT2D eigenvalue weighted by Crippen LogP contribution is 2.42. The molecule has 2 unspecified atom stereocenters. The van der Waals surface area contributed by atoms with E-state index < -0.39 is 33.4 Å². The molecule has 2 atom stereocenters. The van der Waals surface area contributed by atoms with E-state index in [0.717, 1.165) is 11.8 Å². The number of nitrogens with one attached hydrogen (secondary N) is 2. The zero-order valence-corrected chi connectivity index (χ0v) is 15.2. The first-order valence-electron chi connectivity index (χ1n) is 7.28. The Balaban J connectivity index is 2.28. The summed E-state index contributed by atoms with van der Waals surface area (Å²) < 4.78 is 4.02. The molecule has 0 radical (unpaired) electrons. The van der Waals surface area contributed by atoms with E-state index in [9.17, 15) is 14.4 Å². The number of alkyl halides is 1. The Bertz CT molecular complexity index is 653. The summed E-state index contributed by atoms with van der Waals surface area (Å²) in [5, 5.41) is 5.33.